The molecule has 0 radical (unpaired) electrons. The molecule has 0 saturated carbocycles. The summed E-state index contributed by atoms with van der Waals surface area (Å²) in [6.07, 6.45) is 4.46. The molecule has 7 heteroatoms. The van der Waals surface area contributed by atoms with Crippen LogP contribution >= 0.6 is 11.8 Å². The standard InChI is InChI=1S/C25H21N3O3S/c1-17(29)19-7-4-8-20(14-19)26-25-28(15-21-9-5-13-31-21)24(30)23(32-25)16-27-12-11-18-6-2-3-10-22(18)27/h2-10,13-14,16H,11-12,15H2,1H3/b23-16?,26-25-. The van der Waals surface area contributed by atoms with Crippen molar-refractivity contribution >= 4 is 40.0 Å². The number of para-hydroxylation sites is 1. The highest BCUT2D eigenvalue weighted by Crippen LogP contribution is 2.36. The Bertz CT molecular complexity index is 1250. The van der Waals surface area contributed by atoms with Crippen LogP contribution in [0.4, 0.5) is 11.4 Å². The zero-order valence-electron chi connectivity index (χ0n) is 17.5. The van der Waals surface area contributed by atoms with Crippen molar-refractivity contribution in [1.82, 2.24) is 4.90 Å². The van der Waals surface area contributed by atoms with E-state index in [0.29, 0.717) is 27.1 Å². The summed E-state index contributed by atoms with van der Waals surface area (Å²) in [5.74, 6) is 0.539. The maximum atomic E-state index is 13.3. The third-order valence-corrected chi connectivity index (χ3v) is 6.45. The van der Waals surface area contributed by atoms with Crippen LogP contribution in [0.1, 0.15) is 28.6 Å². The highest BCUT2D eigenvalue weighted by molar-refractivity contribution is 8.18. The molecule has 0 N–H and O–H groups in total. The lowest BCUT2D eigenvalue weighted by Crippen LogP contribution is -2.28. The fourth-order valence-electron chi connectivity index (χ4n) is 3.82. The van der Waals surface area contributed by atoms with Crippen molar-refractivity contribution in [2.45, 2.75) is 19.9 Å². The number of nitrogens with zero attached hydrogens (tertiary/aromatic N) is 3. The van der Waals surface area contributed by atoms with Gasteiger partial charge in [0.2, 0.25) is 0 Å². The number of ketones is 1. The molecule has 2 aromatic carbocycles. The monoisotopic (exact) mass is 443 g/mol. The van der Waals surface area contributed by atoms with E-state index in [1.165, 1.54) is 24.2 Å². The van der Waals surface area contributed by atoms with Crippen LogP contribution in [0.3, 0.4) is 0 Å². The summed E-state index contributed by atoms with van der Waals surface area (Å²) in [4.78, 5) is 34.2. The quantitative estimate of drug-likeness (QED) is 0.403. The van der Waals surface area contributed by atoms with E-state index in [-0.39, 0.29) is 18.2 Å². The van der Waals surface area contributed by atoms with E-state index in [1.54, 1.807) is 35.4 Å². The normalized spacial score (nSPS) is 18.1. The second-order valence-electron chi connectivity index (χ2n) is 7.64. The summed E-state index contributed by atoms with van der Waals surface area (Å²) in [7, 11) is 0. The summed E-state index contributed by atoms with van der Waals surface area (Å²) < 4.78 is 5.48. The Kier molecular flexibility index (Phi) is 5.41. The summed E-state index contributed by atoms with van der Waals surface area (Å²) in [6, 6.07) is 19.0. The first kappa shape index (κ1) is 20.3. The van der Waals surface area contributed by atoms with Gasteiger partial charge in [-0.05, 0) is 61.0 Å². The van der Waals surface area contributed by atoms with Crippen molar-refractivity contribution in [3.05, 3.63) is 94.9 Å². The van der Waals surface area contributed by atoms with E-state index in [2.05, 4.69) is 17.0 Å². The Morgan fingerprint density at radius 2 is 2.03 bits per heavy atom. The average Bonchev–Trinajstić information content (AvgIpc) is 3.52. The van der Waals surface area contributed by atoms with E-state index in [9.17, 15) is 9.59 Å². The first-order valence-corrected chi connectivity index (χ1v) is 11.2. The lowest BCUT2D eigenvalue weighted by molar-refractivity contribution is -0.122. The van der Waals surface area contributed by atoms with Crippen molar-refractivity contribution in [3.8, 4) is 0 Å². The molecular weight excluding hydrogens is 422 g/mol. The van der Waals surface area contributed by atoms with Crippen LogP contribution in [0.15, 0.2) is 87.4 Å². The Balaban J connectivity index is 1.49. The van der Waals surface area contributed by atoms with Gasteiger partial charge in [-0.2, -0.15) is 0 Å². The van der Waals surface area contributed by atoms with Gasteiger partial charge in [0.25, 0.3) is 5.91 Å². The van der Waals surface area contributed by atoms with Gasteiger partial charge in [-0.1, -0.05) is 30.3 Å². The molecule has 1 amide bonds. The largest absolute Gasteiger partial charge is 0.467 e. The molecule has 6 nitrogen and oxygen atoms in total. The van der Waals surface area contributed by atoms with Crippen LogP contribution in [0, 0.1) is 0 Å². The Labute approximate surface area is 190 Å². The van der Waals surface area contributed by atoms with Gasteiger partial charge >= 0.3 is 0 Å². The van der Waals surface area contributed by atoms with Gasteiger partial charge in [-0.3, -0.25) is 14.5 Å². The lowest BCUT2D eigenvalue weighted by Gasteiger charge is -2.15. The van der Waals surface area contributed by atoms with Crippen LogP contribution in [0.2, 0.25) is 0 Å². The number of thioether (sulfide) groups is 1. The molecule has 3 aromatic rings. The minimum Gasteiger partial charge on any atom is -0.467 e. The molecule has 32 heavy (non-hydrogen) atoms. The van der Waals surface area contributed by atoms with Crippen LogP contribution in [0.5, 0.6) is 0 Å². The van der Waals surface area contributed by atoms with Gasteiger partial charge in [-0.15, -0.1) is 0 Å². The Morgan fingerprint density at radius 1 is 1.16 bits per heavy atom. The van der Waals surface area contributed by atoms with Gasteiger partial charge < -0.3 is 9.32 Å². The van der Waals surface area contributed by atoms with Crippen molar-refractivity contribution in [1.29, 1.82) is 0 Å². The van der Waals surface area contributed by atoms with E-state index < -0.39 is 0 Å². The first-order valence-electron chi connectivity index (χ1n) is 10.4. The van der Waals surface area contributed by atoms with E-state index in [1.807, 2.05) is 30.5 Å². The number of aliphatic imine (C=N–C) groups is 1. The molecule has 0 bridgehead atoms. The summed E-state index contributed by atoms with van der Waals surface area (Å²) in [5, 5.41) is 0.561. The topological polar surface area (TPSA) is 66.1 Å². The molecule has 1 saturated heterocycles. The molecule has 5 rings (SSSR count). The highest BCUT2D eigenvalue weighted by Gasteiger charge is 2.35. The number of carbonyl (C=O) groups excluding carboxylic acids is 2. The molecule has 1 aromatic heterocycles. The number of hydrogen-bond donors (Lipinski definition) is 0. The summed E-state index contributed by atoms with van der Waals surface area (Å²) in [5.41, 5.74) is 3.63. The van der Waals surface area contributed by atoms with Crippen LogP contribution in [-0.2, 0) is 17.8 Å². The lowest BCUT2D eigenvalue weighted by atomic mass is 10.1. The summed E-state index contributed by atoms with van der Waals surface area (Å²) >= 11 is 1.34. The first-order chi connectivity index (χ1) is 15.6. The van der Waals surface area contributed by atoms with E-state index in [4.69, 9.17) is 9.41 Å². The van der Waals surface area contributed by atoms with Crippen LogP contribution in [0.25, 0.3) is 0 Å². The van der Waals surface area contributed by atoms with Gasteiger partial charge in [-0.25, -0.2) is 4.99 Å². The minimum atomic E-state index is -0.114. The molecule has 0 aliphatic carbocycles. The third-order valence-electron chi connectivity index (χ3n) is 5.46. The molecule has 2 aliphatic rings. The van der Waals surface area contributed by atoms with Crippen LogP contribution < -0.4 is 4.90 Å². The number of fused-ring (bicyclic) bond motifs is 1. The van der Waals surface area contributed by atoms with Crippen molar-refractivity contribution in [2.24, 2.45) is 4.99 Å². The van der Waals surface area contributed by atoms with Gasteiger partial charge in [0.1, 0.15) is 5.76 Å². The molecule has 2 aliphatic heterocycles. The number of anilines is 1. The van der Waals surface area contributed by atoms with E-state index >= 15 is 0 Å². The van der Waals surface area contributed by atoms with Gasteiger partial charge in [0.05, 0.1) is 23.4 Å². The molecule has 3 heterocycles. The molecule has 1 fully saturated rings. The van der Waals surface area contributed by atoms with Gasteiger partial charge in [0.15, 0.2) is 11.0 Å². The smallest absolute Gasteiger partial charge is 0.268 e. The Morgan fingerprint density at radius 3 is 2.84 bits per heavy atom. The number of amides is 1. The number of Topliss-reactive ketones (excluding diaryl/α,β-unsaturated/α-hetero) is 1. The molecular formula is C25H21N3O3S. The number of furan rings is 1. The molecule has 0 spiro atoms. The number of amidine groups is 1. The second kappa shape index (κ2) is 8.51. The number of carbonyl (C=O) groups is 2. The molecule has 0 atom stereocenters. The zero-order chi connectivity index (χ0) is 22.1. The maximum absolute atomic E-state index is 13.3. The molecule has 160 valence electrons. The maximum Gasteiger partial charge on any atom is 0.268 e. The fourth-order valence-corrected chi connectivity index (χ4v) is 4.81. The zero-order valence-corrected chi connectivity index (χ0v) is 18.3. The molecule has 0 unspecified atom stereocenters. The SMILES string of the molecule is CC(=O)c1cccc(/N=C2\SC(=CN3CCc4ccccc43)C(=O)N2Cc2ccco2)c1. The fraction of sp³-hybridized carbons (Fsp3) is 0.160. The van der Waals surface area contributed by atoms with Gasteiger partial charge in [0, 0.05) is 24.0 Å². The predicted octanol–water partition coefficient (Wildman–Crippen LogP) is 5.15. The Hall–Kier alpha value is -3.58. The minimum absolute atomic E-state index is 0.0251. The van der Waals surface area contributed by atoms with Crippen molar-refractivity contribution in [2.75, 3.05) is 11.4 Å². The highest BCUT2D eigenvalue weighted by atomic mass is 32.2. The number of hydrogen-bond acceptors (Lipinski definition) is 6. The van der Waals surface area contributed by atoms with Crippen molar-refractivity contribution in [3.63, 3.8) is 0 Å². The van der Waals surface area contributed by atoms with Crippen LogP contribution in [-0.4, -0.2) is 28.3 Å². The number of benzene rings is 2. The van der Waals surface area contributed by atoms with E-state index in [0.717, 1.165) is 18.7 Å². The second-order valence-corrected chi connectivity index (χ2v) is 8.65. The number of rotatable bonds is 5. The summed E-state index contributed by atoms with van der Waals surface area (Å²) in [6.45, 7) is 2.65. The average molecular weight is 444 g/mol. The third kappa shape index (κ3) is 3.99. The predicted molar refractivity (Wildman–Crippen MR) is 126 cm³/mol. The van der Waals surface area contributed by atoms with Crippen molar-refractivity contribution < 1.29 is 14.0 Å².